The highest BCUT2D eigenvalue weighted by Gasteiger charge is 2.05. The van der Waals surface area contributed by atoms with Gasteiger partial charge in [-0.1, -0.05) is 6.92 Å². The van der Waals surface area contributed by atoms with Crippen molar-refractivity contribution in [3.63, 3.8) is 0 Å². The van der Waals surface area contributed by atoms with Gasteiger partial charge in [-0.2, -0.15) is 0 Å². The molecule has 3 nitrogen and oxygen atoms in total. The molecule has 0 spiro atoms. The van der Waals surface area contributed by atoms with E-state index in [1.165, 1.54) is 6.07 Å². The van der Waals surface area contributed by atoms with E-state index in [1.54, 1.807) is 12.1 Å². The van der Waals surface area contributed by atoms with Gasteiger partial charge in [0, 0.05) is 5.56 Å². The van der Waals surface area contributed by atoms with E-state index in [2.05, 4.69) is 0 Å². The van der Waals surface area contributed by atoms with E-state index in [0.29, 0.717) is 5.56 Å². The van der Waals surface area contributed by atoms with Gasteiger partial charge in [0.2, 0.25) is 0 Å². The van der Waals surface area contributed by atoms with Gasteiger partial charge in [0.15, 0.2) is 5.78 Å². The van der Waals surface area contributed by atoms with Crippen LogP contribution in [-0.4, -0.2) is 17.4 Å². The fourth-order valence-electron chi connectivity index (χ4n) is 1.16. The standard InChI is InChI=1S/C10H13NO2/c1-2-7-3-8(10(13)6-11)5-9(12)4-7/h3-5,12H,2,6,11H2,1H3. The van der Waals surface area contributed by atoms with E-state index in [-0.39, 0.29) is 18.1 Å². The second kappa shape index (κ2) is 4.05. The summed E-state index contributed by atoms with van der Waals surface area (Å²) >= 11 is 0. The Bertz CT molecular complexity index is 321. The van der Waals surface area contributed by atoms with Gasteiger partial charge in [-0.25, -0.2) is 0 Å². The normalized spacial score (nSPS) is 10.0. The SMILES string of the molecule is CCc1cc(O)cc(C(=O)CN)c1. The van der Waals surface area contributed by atoms with Gasteiger partial charge in [0.05, 0.1) is 6.54 Å². The average molecular weight is 179 g/mol. The van der Waals surface area contributed by atoms with E-state index < -0.39 is 0 Å². The van der Waals surface area contributed by atoms with Crippen molar-refractivity contribution in [2.75, 3.05) is 6.54 Å². The second-order valence-corrected chi connectivity index (χ2v) is 2.87. The lowest BCUT2D eigenvalue weighted by Crippen LogP contribution is -2.13. The van der Waals surface area contributed by atoms with Crippen LogP contribution in [0.1, 0.15) is 22.8 Å². The van der Waals surface area contributed by atoms with Crippen molar-refractivity contribution in [3.8, 4) is 5.75 Å². The number of nitrogens with two attached hydrogens (primary N) is 1. The summed E-state index contributed by atoms with van der Waals surface area (Å²) in [5.41, 5.74) is 6.64. The lowest BCUT2D eigenvalue weighted by Gasteiger charge is -2.02. The van der Waals surface area contributed by atoms with Gasteiger partial charge in [0.1, 0.15) is 5.75 Å². The largest absolute Gasteiger partial charge is 0.508 e. The summed E-state index contributed by atoms with van der Waals surface area (Å²) in [4.78, 5) is 11.2. The number of phenolic OH excluding ortho intramolecular Hbond substituents is 1. The number of Topliss-reactive ketones (excluding diaryl/α,β-unsaturated/α-hetero) is 1. The third kappa shape index (κ3) is 2.29. The van der Waals surface area contributed by atoms with Crippen LogP contribution in [0.4, 0.5) is 0 Å². The number of aromatic hydroxyl groups is 1. The summed E-state index contributed by atoms with van der Waals surface area (Å²) in [6, 6.07) is 4.84. The van der Waals surface area contributed by atoms with E-state index >= 15 is 0 Å². The molecule has 0 aliphatic carbocycles. The first-order valence-corrected chi connectivity index (χ1v) is 4.23. The van der Waals surface area contributed by atoms with Crippen LogP contribution in [0.5, 0.6) is 5.75 Å². The summed E-state index contributed by atoms with van der Waals surface area (Å²) in [7, 11) is 0. The van der Waals surface area contributed by atoms with Crippen LogP contribution < -0.4 is 5.73 Å². The van der Waals surface area contributed by atoms with Crippen LogP contribution in [0.3, 0.4) is 0 Å². The molecule has 0 saturated heterocycles. The molecule has 13 heavy (non-hydrogen) atoms. The second-order valence-electron chi connectivity index (χ2n) is 2.87. The average Bonchev–Trinajstić information content (AvgIpc) is 2.15. The minimum absolute atomic E-state index is 0.0212. The molecule has 0 aromatic heterocycles. The van der Waals surface area contributed by atoms with Crippen molar-refractivity contribution in [3.05, 3.63) is 29.3 Å². The molecule has 0 bridgehead atoms. The Labute approximate surface area is 77.2 Å². The van der Waals surface area contributed by atoms with Crippen molar-refractivity contribution >= 4 is 5.78 Å². The molecule has 0 heterocycles. The number of hydrogen-bond donors (Lipinski definition) is 2. The lowest BCUT2D eigenvalue weighted by molar-refractivity contribution is 0.100. The zero-order valence-electron chi connectivity index (χ0n) is 7.58. The molecule has 0 aliphatic heterocycles. The molecule has 3 N–H and O–H groups in total. The number of carbonyl (C=O) groups excluding carboxylic acids is 1. The fourth-order valence-corrected chi connectivity index (χ4v) is 1.16. The Balaban J connectivity index is 3.08. The molecule has 3 heteroatoms. The third-order valence-corrected chi connectivity index (χ3v) is 1.89. The Morgan fingerprint density at radius 1 is 1.46 bits per heavy atom. The van der Waals surface area contributed by atoms with Crippen molar-refractivity contribution in [2.45, 2.75) is 13.3 Å². The third-order valence-electron chi connectivity index (χ3n) is 1.89. The number of ketones is 1. The molecule has 0 fully saturated rings. The highest BCUT2D eigenvalue weighted by molar-refractivity contribution is 5.98. The van der Waals surface area contributed by atoms with Crippen LogP contribution >= 0.6 is 0 Å². The highest BCUT2D eigenvalue weighted by atomic mass is 16.3. The van der Waals surface area contributed by atoms with Crippen LogP contribution in [0.2, 0.25) is 0 Å². The molecule has 1 aromatic carbocycles. The van der Waals surface area contributed by atoms with Gasteiger partial charge in [-0.3, -0.25) is 4.79 Å². The van der Waals surface area contributed by atoms with Crippen LogP contribution in [-0.2, 0) is 6.42 Å². The van der Waals surface area contributed by atoms with Gasteiger partial charge >= 0.3 is 0 Å². The first kappa shape index (κ1) is 9.74. The molecular weight excluding hydrogens is 166 g/mol. The first-order valence-electron chi connectivity index (χ1n) is 4.23. The highest BCUT2D eigenvalue weighted by Crippen LogP contribution is 2.16. The smallest absolute Gasteiger partial charge is 0.176 e. The molecule has 0 amide bonds. The summed E-state index contributed by atoms with van der Waals surface area (Å²) in [5, 5.41) is 9.28. The van der Waals surface area contributed by atoms with Gasteiger partial charge in [-0.05, 0) is 30.2 Å². The predicted octanol–water partition coefficient (Wildman–Crippen LogP) is 1.10. The molecule has 0 unspecified atom stereocenters. The Kier molecular flexibility index (Phi) is 3.03. The van der Waals surface area contributed by atoms with Crippen LogP contribution in [0.15, 0.2) is 18.2 Å². The maximum absolute atomic E-state index is 11.2. The topological polar surface area (TPSA) is 63.3 Å². The molecular formula is C10H13NO2. The Hall–Kier alpha value is -1.35. The van der Waals surface area contributed by atoms with E-state index in [4.69, 9.17) is 5.73 Å². The first-order chi connectivity index (χ1) is 6.17. The van der Waals surface area contributed by atoms with E-state index in [0.717, 1.165) is 12.0 Å². The van der Waals surface area contributed by atoms with Gasteiger partial charge in [0.25, 0.3) is 0 Å². The maximum Gasteiger partial charge on any atom is 0.176 e. The minimum atomic E-state index is -0.148. The Morgan fingerprint density at radius 2 is 2.15 bits per heavy atom. The summed E-state index contributed by atoms with van der Waals surface area (Å²) in [6.07, 6.45) is 0.791. The molecule has 1 aromatic rings. The zero-order valence-corrected chi connectivity index (χ0v) is 7.58. The summed E-state index contributed by atoms with van der Waals surface area (Å²) in [6.45, 7) is 1.94. The van der Waals surface area contributed by atoms with Gasteiger partial charge < -0.3 is 10.8 Å². The van der Waals surface area contributed by atoms with Crippen LogP contribution in [0.25, 0.3) is 0 Å². The lowest BCUT2D eigenvalue weighted by atomic mass is 10.1. The van der Waals surface area contributed by atoms with E-state index in [1.807, 2.05) is 6.92 Å². The predicted molar refractivity (Wildman–Crippen MR) is 50.9 cm³/mol. The Morgan fingerprint density at radius 3 is 2.69 bits per heavy atom. The number of benzene rings is 1. The molecule has 0 atom stereocenters. The number of hydrogen-bond acceptors (Lipinski definition) is 3. The number of aryl methyl sites for hydroxylation is 1. The maximum atomic E-state index is 11.2. The number of carbonyl (C=O) groups is 1. The van der Waals surface area contributed by atoms with Crippen molar-refractivity contribution in [1.29, 1.82) is 0 Å². The van der Waals surface area contributed by atoms with Gasteiger partial charge in [-0.15, -0.1) is 0 Å². The minimum Gasteiger partial charge on any atom is -0.508 e. The summed E-state index contributed by atoms with van der Waals surface area (Å²) < 4.78 is 0. The van der Waals surface area contributed by atoms with Crippen molar-refractivity contribution < 1.29 is 9.90 Å². The van der Waals surface area contributed by atoms with Crippen molar-refractivity contribution in [2.24, 2.45) is 5.73 Å². The molecule has 0 radical (unpaired) electrons. The van der Waals surface area contributed by atoms with E-state index in [9.17, 15) is 9.90 Å². The zero-order chi connectivity index (χ0) is 9.84. The molecule has 0 saturated carbocycles. The fraction of sp³-hybridized carbons (Fsp3) is 0.300. The monoisotopic (exact) mass is 179 g/mol. The van der Waals surface area contributed by atoms with Crippen LogP contribution in [0, 0.1) is 0 Å². The molecule has 70 valence electrons. The number of phenols is 1. The van der Waals surface area contributed by atoms with Crippen molar-refractivity contribution in [1.82, 2.24) is 0 Å². The molecule has 0 aliphatic rings. The quantitative estimate of drug-likeness (QED) is 0.683. The number of rotatable bonds is 3. The molecule has 1 rings (SSSR count). The summed E-state index contributed by atoms with van der Waals surface area (Å²) in [5.74, 6) is -0.0262.